The van der Waals surface area contributed by atoms with E-state index in [4.69, 9.17) is 44.3 Å². The number of amidine groups is 1. The highest BCUT2D eigenvalue weighted by Crippen LogP contribution is 2.34. The van der Waals surface area contributed by atoms with Crippen molar-refractivity contribution in [3.05, 3.63) is 91.3 Å². The molecule has 1 amide bonds. The van der Waals surface area contributed by atoms with Gasteiger partial charge >= 0.3 is 0 Å². The third-order valence-corrected chi connectivity index (χ3v) is 6.79. The average Bonchev–Trinajstić information content (AvgIpc) is 3.15. The molecule has 174 valence electrons. The summed E-state index contributed by atoms with van der Waals surface area (Å²) in [5.74, 6) is 0.890. The van der Waals surface area contributed by atoms with Crippen molar-refractivity contribution in [1.29, 1.82) is 0 Å². The molecule has 0 atom stereocenters. The molecule has 3 aromatic carbocycles. The molecule has 1 aliphatic rings. The molecule has 1 N–H and O–H groups in total. The van der Waals surface area contributed by atoms with E-state index in [2.05, 4.69) is 10.3 Å². The molecule has 1 heterocycles. The summed E-state index contributed by atoms with van der Waals surface area (Å²) in [6.07, 6.45) is 1.78. The Bertz CT molecular complexity index is 1320. The second-order valence-electron chi connectivity index (χ2n) is 7.36. The van der Waals surface area contributed by atoms with Crippen LogP contribution < -0.4 is 14.8 Å². The van der Waals surface area contributed by atoms with Crippen LogP contribution in [0, 0.1) is 6.92 Å². The van der Waals surface area contributed by atoms with Gasteiger partial charge in [-0.3, -0.25) is 4.79 Å². The van der Waals surface area contributed by atoms with Gasteiger partial charge in [0.15, 0.2) is 16.7 Å². The number of halogens is 3. The van der Waals surface area contributed by atoms with Crippen LogP contribution in [0.3, 0.4) is 0 Å². The van der Waals surface area contributed by atoms with Crippen LogP contribution in [0.15, 0.2) is 64.5 Å². The molecule has 0 radical (unpaired) electrons. The van der Waals surface area contributed by atoms with Crippen LogP contribution in [0.2, 0.25) is 15.1 Å². The highest BCUT2D eigenvalue weighted by molar-refractivity contribution is 8.18. The number of hydrogen-bond donors (Lipinski definition) is 1. The predicted molar refractivity (Wildman–Crippen MR) is 141 cm³/mol. The lowest BCUT2D eigenvalue weighted by atomic mass is 10.2. The van der Waals surface area contributed by atoms with Gasteiger partial charge in [-0.15, -0.1) is 0 Å². The standard InChI is InChI=1S/C25H19Cl3N2O3S/c1-14-3-6-17(26)12-20(14)29-25-30-24(31)23(34-25)11-15-5-8-21(22(10-15)32-2)33-13-16-4-7-18(27)19(28)9-16/h3-12H,13H2,1-2H3,(H,29,30,31)/b23-11-. The number of rotatable bonds is 6. The summed E-state index contributed by atoms with van der Waals surface area (Å²) in [6.45, 7) is 2.24. The number of carbonyl (C=O) groups excluding carboxylic acids is 1. The third kappa shape index (κ3) is 5.88. The summed E-state index contributed by atoms with van der Waals surface area (Å²) < 4.78 is 11.4. The minimum atomic E-state index is -0.220. The van der Waals surface area contributed by atoms with Gasteiger partial charge in [-0.1, -0.05) is 53.0 Å². The van der Waals surface area contributed by atoms with Gasteiger partial charge in [0, 0.05) is 5.02 Å². The van der Waals surface area contributed by atoms with Crippen LogP contribution in [-0.2, 0) is 11.4 Å². The van der Waals surface area contributed by atoms with Crippen LogP contribution in [-0.4, -0.2) is 18.2 Å². The smallest absolute Gasteiger partial charge is 0.264 e. The van der Waals surface area contributed by atoms with Gasteiger partial charge in [-0.25, -0.2) is 4.99 Å². The van der Waals surface area contributed by atoms with Crippen LogP contribution in [0.4, 0.5) is 5.69 Å². The molecule has 1 aliphatic heterocycles. The maximum Gasteiger partial charge on any atom is 0.264 e. The van der Waals surface area contributed by atoms with Crippen LogP contribution in [0.1, 0.15) is 16.7 Å². The summed E-state index contributed by atoms with van der Waals surface area (Å²) >= 11 is 19.4. The maximum absolute atomic E-state index is 12.5. The third-order valence-electron chi connectivity index (χ3n) is 4.91. The SMILES string of the molecule is COc1cc(/C=C2\SC(=Nc3cc(Cl)ccc3C)NC2=O)ccc1OCc1ccc(Cl)c(Cl)c1. The van der Waals surface area contributed by atoms with Crippen LogP contribution >= 0.6 is 46.6 Å². The summed E-state index contributed by atoms with van der Waals surface area (Å²) in [7, 11) is 1.56. The highest BCUT2D eigenvalue weighted by Gasteiger charge is 2.24. The van der Waals surface area contributed by atoms with Crippen molar-refractivity contribution in [2.24, 2.45) is 4.99 Å². The number of benzene rings is 3. The van der Waals surface area contributed by atoms with Crippen molar-refractivity contribution in [1.82, 2.24) is 5.32 Å². The zero-order valence-corrected chi connectivity index (χ0v) is 21.3. The summed E-state index contributed by atoms with van der Waals surface area (Å²) in [4.78, 5) is 17.5. The molecule has 5 nitrogen and oxygen atoms in total. The summed E-state index contributed by atoms with van der Waals surface area (Å²) in [6, 6.07) is 16.2. The number of nitrogens with zero attached hydrogens (tertiary/aromatic N) is 1. The minimum Gasteiger partial charge on any atom is -0.493 e. The van der Waals surface area contributed by atoms with Gasteiger partial charge in [0.2, 0.25) is 0 Å². The Morgan fingerprint density at radius 2 is 1.82 bits per heavy atom. The van der Waals surface area contributed by atoms with Crippen molar-refractivity contribution in [3.63, 3.8) is 0 Å². The molecule has 1 fully saturated rings. The minimum absolute atomic E-state index is 0.220. The Labute approximate surface area is 216 Å². The van der Waals surface area contributed by atoms with Gasteiger partial charge < -0.3 is 14.8 Å². The van der Waals surface area contributed by atoms with E-state index >= 15 is 0 Å². The molecule has 4 rings (SSSR count). The molecule has 34 heavy (non-hydrogen) atoms. The Hall–Kier alpha value is -2.64. The quantitative estimate of drug-likeness (QED) is 0.335. The number of nitrogens with one attached hydrogen (secondary N) is 1. The lowest BCUT2D eigenvalue weighted by molar-refractivity contribution is -0.115. The molecular formula is C25H19Cl3N2O3S. The van der Waals surface area contributed by atoms with Gasteiger partial charge in [-0.05, 0) is 77.9 Å². The molecule has 1 saturated heterocycles. The molecule has 9 heteroatoms. The lowest BCUT2D eigenvalue weighted by Crippen LogP contribution is -2.19. The molecule has 0 spiro atoms. The highest BCUT2D eigenvalue weighted by atomic mass is 35.5. The number of thioether (sulfide) groups is 1. The van der Waals surface area contributed by atoms with Crippen molar-refractivity contribution < 1.29 is 14.3 Å². The molecule has 0 aliphatic carbocycles. The fourth-order valence-corrected chi connectivity index (χ4v) is 4.45. The van der Waals surface area contributed by atoms with E-state index in [-0.39, 0.29) is 5.91 Å². The molecule has 0 saturated carbocycles. The first kappa shape index (κ1) is 24.5. The summed E-state index contributed by atoms with van der Waals surface area (Å²) in [5.41, 5.74) is 3.34. The Kier molecular flexibility index (Phi) is 7.73. The van der Waals surface area contributed by atoms with E-state index in [0.29, 0.717) is 48.9 Å². The van der Waals surface area contributed by atoms with E-state index < -0.39 is 0 Å². The zero-order chi connectivity index (χ0) is 24.2. The number of amides is 1. The van der Waals surface area contributed by atoms with Crippen molar-refractivity contribution in [3.8, 4) is 11.5 Å². The number of aliphatic imine (C=N–C) groups is 1. The fourth-order valence-electron chi connectivity index (χ4n) is 3.13. The van der Waals surface area contributed by atoms with E-state index in [9.17, 15) is 4.79 Å². The van der Waals surface area contributed by atoms with Gasteiger partial charge in [0.05, 0.1) is 27.7 Å². The molecule has 0 unspecified atom stereocenters. The average molecular weight is 534 g/mol. The number of aryl methyl sites for hydroxylation is 1. The van der Waals surface area contributed by atoms with E-state index in [1.807, 2.05) is 25.1 Å². The van der Waals surface area contributed by atoms with Gasteiger partial charge in [-0.2, -0.15) is 0 Å². The number of ether oxygens (including phenoxy) is 2. The fraction of sp³-hybridized carbons (Fsp3) is 0.120. The maximum atomic E-state index is 12.5. The van der Waals surface area contributed by atoms with Crippen molar-refractivity contribution >= 4 is 69.4 Å². The molecule has 3 aromatic rings. The van der Waals surface area contributed by atoms with E-state index in [0.717, 1.165) is 16.7 Å². The lowest BCUT2D eigenvalue weighted by Gasteiger charge is -2.12. The topological polar surface area (TPSA) is 59.9 Å². The summed E-state index contributed by atoms with van der Waals surface area (Å²) in [5, 5.41) is 4.84. The van der Waals surface area contributed by atoms with E-state index in [1.54, 1.807) is 49.6 Å². The Balaban J connectivity index is 1.50. The first-order chi connectivity index (χ1) is 16.3. The zero-order valence-electron chi connectivity index (χ0n) is 18.2. The monoisotopic (exact) mass is 532 g/mol. The van der Waals surface area contributed by atoms with E-state index in [1.165, 1.54) is 11.8 Å². The van der Waals surface area contributed by atoms with Crippen molar-refractivity contribution in [2.45, 2.75) is 13.5 Å². The Morgan fingerprint density at radius 3 is 2.59 bits per heavy atom. The van der Waals surface area contributed by atoms with Crippen LogP contribution in [0.5, 0.6) is 11.5 Å². The molecular weight excluding hydrogens is 515 g/mol. The molecule has 0 aromatic heterocycles. The first-order valence-electron chi connectivity index (χ1n) is 10.1. The largest absolute Gasteiger partial charge is 0.493 e. The number of carbonyl (C=O) groups is 1. The normalized spacial score (nSPS) is 15.6. The number of hydrogen-bond acceptors (Lipinski definition) is 5. The second kappa shape index (κ2) is 10.7. The first-order valence-corrected chi connectivity index (χ1v) is 12.1. The predicted octanol–water partition coefficient (Wildman–Crippen LogP) is 7.43. The Morgan fingerprint density at radius 1 is 1.00 bits per heavy atom. The van der Waals surface area contributed by atoms with Crippen molar-refractivity contribution in [2.75, 3.05) is 7.11 Å². The van der Waals surface area contributed by atoms with Gasteiger partial charge in [0.1, 0.15) is 6.61 Å². The molecule has 0 bridgehead atoms. The van der Waals surface area contributed by atoms with Gasteiger partial charge in [0.25, 0.3) is 5.91 Å². The number of methoxy groups -OCH3 is 1. The second-order valence-corrected chi connectivity index (χ2v) is 9.64. The van der Waals surface area contributed by atoms with Crippen LogP contribution in [0.25, 0.3) is 6.08 Å².